The lowest BCUT2D eigenvalue weighted by Crippen LogP contribution is -2.21. The van der Waals surface area contributed by atoms with Gasteiger partial charge in [0.25, 0.3) is 0 Å². The number of aromatic amines is 1. The van der Waals surface area contributed by atoms with Crippen LogP contribution in [0.2, 0.25) is 0 Å². The Morgan fingerprint density at radius 1 is 1.29 bits per heavy atom. The smallest absolute Gasteiger partial charge is 0.305 e. The highest BCUT2D eigenvalue weighted by Crippen LogP contribution is 2.29. The van der Waals surface area contributed by atoms with Gasteiger partial charge in [-0.2, -0.15) is 0 Å². The summed E-state index contributed by atoms with van der Waals surface area (Å²) in [6.45, 7) is 1.04. The highest BCUT2D eigenvalue weighted by Gasteiger charge is 2.16. The van der Waals surface area contributed by atoms with E-state index in [1.807, 2.05) is 11.9 Å². The average Bonchev–Trinajstić information content (AvgIpc) is 2.93. The van der Waals surface area contributed by atoms with E-state index in [-0.39, 0.29) is 11.3 Å². The second kappa shape index (κ2) is 7.32. The number of carboxylic acids is 1. The van der Waals surface area contributed by atoms with Crippen molar-refractivity contribution in [3.8, 4) is 11.3 Å². The first-order chi connectivity index (χ1) is 11.5. The lowest BCUT2D eigenvalue weighted by molar-refractivity contribution is -0.137. The largest absolute Gasteiger partial charge is 0.481 e. The number of rotatable bonds is 6. The Morgan fingerprint density at radius 3 is 2.79 bits per heavy atom. The fourth-order valence-corrected chi connectivity index (χ4v) is 4.14. The number of carboxylic acid groups (broad SMARTS) is 1. The van der Waals surface area contributed by atoms with E-state index >= 15 is 0 Å². The van der Waals surface area contributed by atoms with E-state index in [1.165, 1.54) is 35.3 Å². The molecule has 1 aliphatic rings. The molecule has 1 heterocycles. The van der Waals surface area contributed by atoms with Gasteiger partial charge in [0.15, 0.2) is 0 Å². The van der Waals surface area contributed by atoms with E-state index in [2.05, 4.69) is 23.2 Å². The molecule has 0 amide bonds. The predicted molar refractivity (Wildman–Crippen MR) is 95.6 cm³/mol. The predicted octanol–water partition coefficient (Wildman–Crippen LogP) is 2.89. The standard InChI is InChI=1S/C18H22N2O3S/c1-20(9-8-16(21)22)11-15-17(19-18(23)24-15)14-7-6-12-4-2-3-5-13(12)10-14/h6-7,10H,2-5,8-9,11H2,1H3,(H,19,23)(H,21,22). The summed E-state index contributed by atoms with van der Waals surface area (Å²) in [5.74, 6) is -0.806. The Bertz CT molecular complexity index is 794. The van der Waals surface area contributed by atoms with Crippen LogP contribution in [0.5, 0.6) is 0 Å². The van der Waals surface area contributed by atoms with Gasteiger partial charge in [0.2, 0.25) is 0 Å². The third-order valence-corrected chi connectivity index (χ3v) is 5.35. The van der Waals surface area contributed by atoms with Crippen molar-refractivity contribution in [2.75, 3.05) is 13.6 Å². The van der Waals surface area contributed by atoms with Gasteiger partial charge < -0.3 is 15.0 Å². The highest BCUT2D eigenvalue weighted by atomic mass is 32.1. The molecule has 1 aromatic heterocycles. The fraction of sp³-hybridized carbons (Fsp3) is 0.444. The lowest BCUT2D eigenvalue weighted by Gasteiger charge is -2.18. The maximum Gasteiger partial charge on any atom is 0.305 e. The van der Waals surface area contributed by atoms with E-state index in [0.29, 0.717) is 13.1 Å². The number of fused-ring (bicyclic) bond motifs is 1. The molecule has 24 heavy (non-hydrogen) atoms. The quantitative estimate of drug-likeness (QED) is 0.843. The Labute approximate surface area is 145 Å². The minimum atomic E-state index is -0.806. The van der Waals surface area contributed by atoms with Crippen LogP contribution >= 0.6 is 11.3 Å². The topological polar surface area (TPSA) is 73.4 Å². The van der Waals surface area contributed by atoms with Crippen molar-refractivity contribution in [1.82, 2.24) is 9.88 Å². The van der Waals surface area contributed by atoms with Crippen LogP contribution in [0.25, 0.3) is 11.3 Å². The van der Waals surface area contributed by atoms with Gasteiger partial charge in [-0.25, -0.2) is 0 Å². The van der Waals surface area contributed by atoms with E-state index in [1.54, 1.807) is 0 Å². The van der Waals surface area contributed by atoms with Crippen molar-refractivity contribution in [2.24, 2.45) is 0 Å². The minimum Gasteiger partial charge on any atom is -0.481 e. The molecule has 1 aromatic carbocycles. The maximum atomic E-state index is 11.9. The normalized spacial score (nSPS) is 13.9. The summed E-state index contributed by atoms with van der Waals surface area (Å²) < 4.78 is 0. The van der Waals surface area contributed by atoms with Gasteiger partial charge in [0.1, 0.15) is 0 Å². The molecule has 5 nitrogen and oxygen atoms in total. The molecule has 0 bridgehead atoms. The first-order valence-electron chi connectivity index (χ1n) is 8.27. The van der Waals surface area contributed by atoms with Crippen LogP contribution in [0.3, 0.4) is 0 Å². The second-order valence-corrected chi connectivity index (χ2v) is 7.45. The fourth-order valence-electron chi connectivity index (χ4n) is 3.20. The van der Waals surface area contributed by atoms with Crippen molar-refractivity contribution < 1.29 is 9.90 Å². The SMILES string of the molecule is CN(CCC(=O)O)Cc1sc(=O)[nH]c1-c1ccc2c(c1)CCCC2. The molecule has 1 aliphatic carbocycles. The van der Waals surface area contributed by atoms with Crippen molar-refractivity contribution >= 4 is 17.3 Å². The summed E-state index contributed by atoms with van der Waals surface area (Å²) in [4.78, 5) is 28.4. The van der Waals surface area contributed by atoms with E-state index in [0.717, 1.165) is 29.0 Å². The van der Waals surface area contributed by atoms with Crippen LogP contribution < -0.4 is 4.87 Å². The molecule has 0 atom stereocenters. The molecule has 6 heteroatoms. The first-order valence-corrected chi connectivity index (χ1v) is 9.09. The van der Waals surface area contributed by atoms with Gasteiger partial charge in [-0.15, -0.1) is 0 Å². The van der Waals surface area contributed by atoms with Crippen LogP contribution in [0.1, 0.15) is 35.3 Å². The Hall–Kier alpha value is -1.92. The number of hydrogen-bond donors (Lipinski definition) is 2. The third kappa shape index (κ3) is 3.94. The number of thiazole rings is 1. The molecule has 0 aliphatic heterocycles. The lowest BCUT2D eigenvalue weighted by atomic mass is 9.90. The number of nitrogens with zero attached hydrogens (tertiary/aromatic N) is 1. The van der Waals surface area contributed by atoms with E-state index in [9.17, 15) is 9.59 Å². The number of aryl methyl sites for hydroxylation is 2. The number of aromatic nitrogens is 1. The molecule has 0 unspecified atom stereocenters. The molecule has 3 rings (SSSR count). The van der Waals surface area contributed by atoms with Gasteiger partial charge >= 0.3 is 10.8 Å². The molecule has 0 radical (unpaired) electrons. The van der Waals surface area contributed by atoms with Crippen molar-refractivity contribution in [3.63, 3.8) is 0 Å². The molecule has 2 N–H and O–H groups in total. The number of benzene rings is 1. The first kappa shape index (κ1) is 16.9. The monoisotopic (exact) mass is 346 g/mol. The third-order valence-electron chi connectivity index (χ3n) is 4.48. The number of carbonyl (C=O) groups is 1. The molecule has 0 saturated heterocycles. The van der Waals surface area contributed by atoms with Crippen molar-refractivity contribution in [3.05, 3.63) is 43.9 Å². The summed E-state index contributed by atoms with van der Waals surface area (Å²) in [5.41, 5.74) is 4.73. The van der Waals surface area contributed by atoms with Crippen LogP contribution in [-0.4, -0.2) is 34.6 Å². The number of hydrogen-bond acceptors (Lipinski definition) is 4. The van der Waals surface area contributed by atoms with Crippen LogP contribution in [-0.2, 0) is 24.2 Å². The molecular weight excluding hydrogens is 324 g/mol. The van der Waals surface area contributed by atoms with Gasteiger partial charge in [-0.3, -0.25) is 9.59 Å². The summed E-state index contributed by atoms with van der Waals surface area (Å²) in [7, 11) is 1.88. The molecule has 2 aromatic rings. The second-order valence-electron chi connectivity index (χ2n) is 6.38. The Kier molecular flexibility index (Phi) is 5.16. The molecule has 0 saturated carbocycles. The van der Waals surface area contributed by atoms with Crippen molar-refractivity contribution in [2.45, 2.75) is 38.6 Å². The number of aliphatic carboxylic acids is 1. The summed E-state index contributed by atoms with van der Waals surface area (Å²) >= 11 is 1.21. The van der Waals surface area contributed by atoms with Gasteiger partial charge in [0, 0.05) is 18.0 Å². The average molecular weight is 346 g/mol. The maximum absolute atomic E-state index is 11.9. The van der Waals surface area contributed by atoms with Crippen molar-refractivity contribution in [1.29, 1.82) is 0 Å². The van der Waals surface area contributed by atoms with E-state index < -0.39 is 5.97 Å². The van der Waals surface area contributed by atoms with Gasteiger partial charge in [0.05, 0.1) is 12.1 Å². The zero-order valence-electron chi connectivity index (χ0n) is 13.8. The molecule has 0 fully saturated rings. The van der Waals surface area contributed by atoms with Crippen LogP contribution in [0, 0.1) is 0 Å². The highest BCUT2D eigenvalue weighted by molar-refractivity contribution is 7.09. The summed E-state index contributed by atoms with van der Waals surface area (Å²) in [6, 6.07) is 6.47. The van der Waals surface area contributed by atoms with Crippen LogP contribution in [0.4, 0.5) is 0 Å². The zero-order valence-corrected chi connectivity index (χ0v) is 14.6. The van der Waals surface area contributed by atoms with Gasteiger partial charge in [-0.1, -0.05) is 23.5 Å². The Balaban J connectivity index is 1.83. The Morgan fingerprint density at radius 2 is 2.04 bits per heavy atom. The molecule has 128 valence electrons. The molecule has 0 spiro atoms. The zero-order chi connectivity index (χ0) is 17.1. The number of H-pyrrole nitrogens is 1. The van der Waals surface area contributed by atoms with Gasteiger partial charge in [-0.05, 0) is 55.5 Å². The summed E-state index contributed by atoms with van der Waals surface area (Å²) in [6.07, 6.45) is 4.82. The summed E-state index contributed by atoms with van der Waals surface area (Å²) in [5, 5.41) is 8.80. The van der Waals surface area contributed by atoms with Crippen LogP contribution in [0.15, 0.2) is 23.0 Å². The number of nitrogens with one attached hydrogen (secondary N) is 1. The van der Waals surface area contributed by atoms with E-state index in [4.69, 9.17) is 5.11 Å². The minimum absolute atomic E-state index is 0.0654. The molecular formula is C18H22N2O3S.